The molecular formula is C32H31NO2S. The van der Waals surface area contributed by atoms with Crippen LogP contribution in [0.5, 0.6) is 0 Å². The second-order valence-corrected chi connectivity index (χ2v) is 12.2. The van der Waals surface area contributed by atoms with E-state index in [4.69, 9.17) is 0 Å². The highest BCUT2D eigenvalue weighted by Crippen LogP contribution is 2.55. The maximum Gasteiger partial charge on any atom is 0.162 e. The zero-order valence-electron chi connectivity index (χ0n) is 21.1. The molecule has 4 heteroatoms. The maximum absolute atomic E-state index is 14.0. The Morgan fingerprint density at radius 3 is 2.22 bits per heavy atom. The van der Waals surface area contributed by atoms with Crippen LogP contribution in [0.3, 0.4) is 0 Å². The number of hydrogen-bond acceptors (Lipinski definition) is 4. The lowest BCUT2D eigenvalue weighted by Crippen LogP contribution is -2.43. The highest BCUT2D eigenvalue weighted by Gasteiger charge is 2.48. The fourth-order valence-corrected chi connectivity index (χ4v) is 7.14. The number of carbonyl (C=O) groups excluding carboxylic acids is 2. The van der Waals surface area contributed by atoms with Crippen LogP contribution in [0.2, 0.25) is 0 Å². The molecule has 3 aromatic rings. The van der Waals surface area contributed by atoms with Crippen molar-refractivity contribution in [3.8, 4) is 0 Å². The fourth-order valence-electron chi connectivity index (χ4n) is 6.29. The molecule has 0 amide bonds. The first kappa shape index (κ1) is 23.2. The van der Waals surface area contributed by atoms with Crippen LogP contribution in [0.25, 0.3) is 0 Å². The number of nitrogens with zero attached hydrogens (tertiary/aromatic N) is 1. The SMILES string of the molecule is Cc1ccc(N2C3=C(C(=O)CC(c4ccccc4)C3)C(c3cccs3)C3=C2CC(C)(C)CC3=O)cc1. The maximum atomic E-state index is 14.0. The molecule has 1 aromatic heterocycles. The van der Waals surface area contributed by atoms with E-state index in [9.17, 15) is 9.59 Å². The lowest BCUT2D eigenvalue weighted by molar-refractivity contribution is -0.118. The summed E-state index contributed by atoms with van der Waals surface area (Å²) in [5, 5.41) is 2.06. The van der Waals surface area contributed by atoms with Crippen LogP contribution in [-0.2, 0) is 9.59 Å². The number of rotatable bonds is 3. The van der Waals surface area contributed by atoms with E-state index in [2.05, 4.69) is 85.6 Å². The summed E-state index contributed by atoms with van der Waals surface area (Å²) >= 11 is 1.65. The number of ketones is 2. The molecule has 0 saturated heterocycles. The lowest BCUT2D eigenvalue weighted by atomic mass is 9.66. The summed E-state index contributed by atoms with van der Waals surface area (Å²) in [5.41, 5.74) is 7.13. The molecule has 0 radical (unpaired) electrons. The second-order valence-electron chi connectivity index (χ2n) is 11.2. The molecule has 3 nitrogen and oxygen atoms in total. The predicted molar refractivity (Wildman–Crippen MR) is 146 cm³/mol. The number of anilines is 1. The van der Waals surface area contributed by atoms with E-state index in [1.807, 2.05) is 12.1 Å². The summed E-state index contributed by atoms with van der Waals surface area (Å²) in [4.78, 5) is 31.3. The molecule has 0 saturated carbocycles. The van der Waals surface area contributed by atoms with Crippen LogP contribution in [-0.4, -0.2) is 11.6 Å². The van der Waals surface area contributed by atoms with Crippen LogP contribution < -0.4 is 4.90 Å². The normalized spacial score (nSPS) is 23.6. The summed E-state index contributed by atoms with van der Waals surface area (Å²) in [5.74, 6) is 0.222. The van der Waals surface area contributed by atoms with Gasteiger partial charge in [0.1, 0.15) is 0 Å². The van der Waals surface area contributed by atoms with Crippen molar-refractivity contribution in [3.05, 3.63) is 111 Å². The van der Waals surface area contributed by atoms with Gasteiger partial charge in [-0.3, -0.25) is 9.59 Å². The van der Waals surface area contributed by atoms with Gasteiger partial charge >= 0.3 is 0 Å². The Hall–Kier alpha value is -3.24. The molecule has 0 fully saturated rings. The average Bonchev–Trinajstić information content (AvgIpc) is 3.38. The number of thiophene rings is 1. The van der Waals surface area contributed by atoms with Gasteiger partial charge in [-0.25, -0.2) is 0 Å². The van der Waals surface area contributed by atoms with Gasteiger partial charge in [0.05, 0.1) is 5.92 Å². The largest absolute Gasteiger partial charge is 0.317 e. The van der Waals surface area contributed by atoms with Crippen LogP contribution in [0.4, 0.5) is 5.69 Å². The van der Waals surface area contributed by atoms with Gasteiger partial charge in [0.15, 0.2) is 11.6 Å². The van der Waals surface area contributed by atoms with E-state index in [1.165, 1.54) is 11.1 Å². The molecule has 182 valence electrons. The number of allylic oxidation sites excluding steroid dienone is 4. The minimum Gasteiger partial charge on any atom is -0.317 e. The fraction of sp³-hybridized carbons (Fsp3) is 0.312. The van der Waals surface area contributed by atoms with Crippen molar-refractivity contribution in [2.45, 2.75) is 58.3 Å². The second kappa shape index (κ2) is 8.70. The number of carbonyl (C=O) groups is 2. The molecule has 2 aromatic carbocycles. The third-order valence-electron chi connectivity index (χ3n) is 7.89. The number of aryl methyl sites for hydroxylation is 1. The molecule has 6 rings (SSSR count). The van der Waals surface area contributed by atoms with Crippen molar-refractivity contribution in [1.82, 2.24) is 0 Å². The smallest absolute Gasteiger partial charge is 0.162 e. The van der Waals surface area contributed by atoms with Crippen LogP contribution >= 0.6 is 11.3 Å². The molecule has 3 aliphatic rings. The standard InChI is InChI=1S/C32H31NO2S/c1-20-11-13-23(14-12-20)33-24-16-22(21-8-5-4-6-9-21)17-26(34)29(24)31(28-10-7-15-36-28)30-25(33)18-32(2,3)19-27(30)35/h4-15,22,31H,16-19H2,1-3H3. The van der Waals surface area contributed by atoms with Crippen LogP contribution in [0.15, 0.2) is 94.7 Å². The van der Waals surface area contributed by atoms with E-state index in [0.29, 0.717) is 12.8 Å². The van der Waals surface area contributed by atoms with Gasteiger partial charge in [-0.15, -0.1) is 11.3 Å². The Labute approximate surface area is 217 Å². The van der Waals surface area contributed by atoms with Crippen molar-refractivity contribution in [1.29, 1.82) is 0 Å². The van der Waals surface area contributed by atoms with Gasteiger partial charge in [0.2, 0.25) is 0 Å². The Bertz CT molecular complexity index is 1390. The highest BCUT2D eigenvalue weighted by molar-refractivity contribution is 7.10. The van der Waals surface area contributed by atoms with Gasteiger partial charge < -0.3 is 4.90 Å². The van der Waals surface area contributed by atoms with Crippen LogP contribution in [0.1, 0.15) is 67.4 Å². The van der Waals surface area contributed by atoms with Crippen molar-refractivity contribution < 1.29 is 9.59 Å². The van der Waals surface area contributed by atoms with Crippen molar-refractivity contribution in [2.75, 3.05) is 4.90 Å². The summed E-state index contributed by atoms with van der Waals surface area (Å²) in [7, 11) is 0. The molecule has 0 spiro atoms. The topological polar surface area (TPSA) is 37.4 Å². The van der Waals surface area contributed by atoms with E-state index >= 15 is 0 Å². The molecule has 2 aliphatic carbocycles. The minimum atomic E-state index is -0.260. The molecule has 2 unspecified atom stereocenters. The third-order valence-corrected chi connectivity index (χ3v) is 8.82. The number of benzene rings is 2. The Balaban J connectivity index is 1.60. The third kappa shape index (κ3) is 3.88. The molecule has 36 heavy (non-hydrogen) atoms. The molecule has 1 aliphatic heterocycles. The number of Topliss-reactive ketones (excluding diaryl/α,β-unsaturated/α-hetero) is 2. The predicted octanol–water partition coefficient (Wildman–Crippen LogP) is 7.70. The summed E-state index contributed by atoms with van der Waals surface area (Å²) in [6, 6.07) is 23.1. The Morgan fingerprint density at radius 1 is 0.806 bits per heavy atom. The zero-order chi connectivity index (χ0) is 25.0. The first-order valence-electron chi connectivity index (χ1n) is 12.8. The minimum absolute atomic E-state index is 0.129. The Morgan fingerprint density at radius 2 is 1.53 bits per heavy atom. The monoisotopic (exact) mass is 493 g/mol. The summed E-state index contributed by atoms with van der Waals surface area (Å²) in [6.45, 7) is 6.46. The first-order chi connectivity index (χ1) is 17.3. The number of hydrogen-bond donors (Lipinski definition) is 0. The van der Waals surface area contributed by atoms with Gasteiger partial charge in [-0.05, 0) is 60.2 Å². The molecule has 0 N–H and O–H groups in total. The van der Waals surface area contributed by atoms with E-state index in [1.54, 1.807) is 11.3 Å². The highest BCUT2D eigenvalue weighted by atomic mass is 32.1. The van der Waals surface area contributed by atoms with Crippen LogP contribution in [0, 0.1) is 12.3 Å². The van der Waals surface area contributed by atoms with Crippen molar-refractivity contribution >= 4 is 28.6 Å². The molecule has 2 heterocycles. The molecule has 2 atom stereocenters. The Kier molecular flexibility index (Phi) is 5.60. The summed E-state index contributed by atoms with van der Waals surface area (Å²) in [6.07, 6.45) is 2.59. The van der Waals surface area contributed by atoms with Crippen molar-refractivity contribution in [3.63, 3.8) is 0 Å². The molecular weight excluding hydrogens is 462 g/mol. The van der Waals surface area contributed by atoms with Gasteiger partial charge in [0.25, 0.3) is 0 Å². The van der Waals surface area contributed by atoms with Crippen molar-refractivity contribution in [2.24, 2.45) is 5.41 Å². The van der Waals surface area contributed by atoms with E-state index < -0.39 is 0 Å². The average molecular weight is 494 g/mol. The van der Waals surface area contributed by atoms with Gasteiger partial charge in [-0.2, -0.15) is 0 Å². The first-order valence-corrected chi connectivity index (χ1v) is 13.7. The quantitative estimate of drug-likeness (QED) is 0.375. The van der Waals surface area contributed by atoms with E-state index in [0.717, 1.165) is 45.9 Å². The lowest BCUT2D eigenvalue weighted by Gasteiger charge is -2.47. The van der Waals surface area contributed by atoms with E-state index in [-0.39, 0.29) is 28.8 Å². The zero-order valence-corrected chi connectivity index (χ0v) is 21.9. The molecule has 0 bridgehead atoms. The van der Waals surface area contributed by atoms with Gasteiger partial charge in [0, 0.05) is 45.9 Å². The van der Waals surface area contributed by atoms with Gasteiger partial charge in [-0.1, -0.05) is 67.9 Å². The summed E-state index contributed by atoms with van der Waals surface area (Å²) < 4.78 is 0.